The van der Waals surface area contributed by atoms with E-state index in [4.69, 9.17) is 11.0 Å². The zero-order chi connectivity index (χ0) is 16.8. The van der Waals surface area contributed by atoms with E-state index in [0.717, 1.165) is 41.2 Å². The van der Waals surface area contributed by atoms with Crippen molar-refractivity contribution in [3.63, 3.8) is 0 Å². The fourth-order valence-corrected chi connectivity index (χ4v) is 3.00. The topological polar surface area (TPSA) is 53.1 Å². The predicted molar refractivity (Wildman–Crippen MR) is 100 cm³/mol. The summed E-state index contributed by atoms with van der Waals surface area (Å²) in [5.41, 5.74) is 11.4. The number of allylic oxidation sites excluding steroid dienone is 6. The van der Waals surface area contributed by atoms with E-state index in [1.54, 1.807) is 0 Å². The van der Waals surface area contributed by atoms with Crippen molar-refractivity contribution in [1.82, 2.24) is 0 Å². The summed E-state index contributed by atoms with van der Waals surface area (Å²) in [6, 6.07) is 10.7. The maximum atomic E-state index is 8.95. The van der Waals surface area contributed by atoms with Crippen LogP contribution in [0.3, 0.4) is 0 Å². The van der Waals surface area contributed by atoms with Gasteiger partial charge in [0.25, 0.3) is 0 Å². The number of thiol groups is 1. The first-order valence-electron chi connectivity index (χ1n) is 7.83. The second-order valence-electron chi connectivity index (χ2n) is 5.73. The van der Waals surface area contributed by atoms with E-state index in [0.29, 0.717) is 0 Å². The number of nitriles is 1. The lowest BCUT2D eigenvalue weighted by Crippen LogP contribution is -2.22. The van der Waals surface area contributed by atoms with E-state index >= 15 is 0 Å². The van der Waals surface area contributed by atoms with Gasteiger partial charge in [0.05, 0.1) is 0 Å². The van der Waals surface area contributed by atoms with Crippen LogP contribution in [-0.2, 0) is 6.42 Å². The van der Waals surface area contributed by atoms with Gasteiger partial charge in [-0.25, -0.2) is 0 Å². The molecule has 23 heavy (non-hydrogen) atoms. The number of nitrogens with zero attached hydrogens (tertiary/aromatic N) is 2. The summed E-state index contributed by atoms with van der Waals surface area (Å²) in [5.74, 6) is 0.946. The van der Waals surface area contributed by atoms with E-state index in [1.165, 1.54) is 12.0 Å². The summed E-state index contributed by atoms with van der Waals surface area (Å²) in [7, 11) is 0. The maximum absolute atomic E-state index is 8.95. The number of hydrogen-bond acceptors (Lipinski definition) is 4. The number of unbranched alkanes of at least 4 members (excludes halogenated alkanes) is 1. The van der Waals surface area contributed by atoms with Crippen LogP contribution in [0.5, 0.6) is 0 Å². The highest BCUT2D eigenvalue weighted by Crippen LogP contribution is 2.30. The average molecular weight is 325 g/mol. The lowest BCUT2D eigenvalue weighted by Gasteiger charge is -2.30. The summed E-state index contributed by atoms with van der Waals surface area (Å²) in [6.07, 6.45) is 7.32. The van der Waals surface area contributed by atoms with Crippen LogP contribution >= 0.6 is 12.6 Å². The highest BCUT2D eigenvalue weighted by atomic mass is 32.1. The number of benzene rings is 1. The van der Waals surface area contributed by atoms with E-state index in [1.807, 2.05) is 32.1 Å². The number of rotatable bonds is 5. The minimum atomic E-state index is 0.253. The zero-order valence-electron chi connectivity index (χ0n) is 13.7. The van der Waals surface area contributed by atoms with Crippen molar-refractivity contribution in [3.8, 4) is 6.07 Å². The minimum absolute atomic E-state index is 0.253. The molecule has 1 aliphatic rings. The molecule has 2 rings (SSSR count). The molecule has 4 heteroatoms. The molecule has 0 saturated carbocycles. The van der Waals surface area contributed by atoms with Crippen LogP contribution < -0.4 is 10.6 Å². The van der Waals surface area contributed by atoms with Crippen molar-refractivity contribution in [3.05, 3.63) is 64.6 Å². The molecule has 0 saturated heterocycles. The summed E-state index contributed by atoms with van der Waals surface area (Å²) in [4.78, 5) is 2.17. The van der Waals surface area contributed by atoms with Gasteiger partial charge >= 0.3 is 0 Å². The molecule has 1 heterocycles. The first kappa shape index (κ1) is 17.2. The van der Waals surface area contributed by atoms with Gasteiger partial charge in [0.15, 0.2) is 0 Å². The van der Waals surface area contributed by atoms with Gasteiger partial charge in [0.2, 0.25) is 0 Å². The Hall–Kier alpha value is -2.12. The Labute approximate surface area is 144 Å². The molecule has 0 unspecified atom stereocenters. The van der Waals surface area contributed by atoms with E-state index in [9.17, 15) is 0 Å². The first-order chi connectivity index (χ1) is 11.1. The quantitative estimate of drug-likeness (QED) is 0.482. The van der Waals surface area contributed by atoms with Gasteiger partial charge in [-0.05, 0) is 68.7 Å². The standard InChI is InChI=1S/C19H23N3S/c1-14-11-17(19(21)13-20)12-15(2)22(14)18-8-6-16(7-9-18)5-3-4-10-23/h6-9,11-12,23H,3-5,10,21H2,1-2H3. The van der Waals surface area contributed by atoms with E-state index in [-0.39, 0.29) is 5.70 Å². The van der Waals surface area contributed by atoms with Crippen LogP contribution in [0.4, 0.5) is 5.69 Å². The molecule has 3 nitrogen and oxygen atoms in total. The largest absolute Gasteiger partial charge is 0.390 e. The highest BCUT2D eigenvalue weighted by molar-refractivity contribution is 7.80. The Morgan fingerprint density at radius 1 is 1.13 bits per heavy atom. The van der Waals surface area contributed by atoms with Crippen molar-refractivity contribution >= 4 is 18.3 Å². The van der Waals surface area contributed by atoms with Crippen LogP contribution in [0, 0.1) is 11.3 Å². The Morgan fingerprint density at radius 3 is 2.26 bits per heavy atom. The molecule has 0 spiro atoms. The molecule has 0 aromatic heterocycles. The van der Waals surface area contributed by atoms with Gasteiger partial charge in [-0.15, -0.1) is 0 Å². The minimum Gasteiger partial charge on any atom is -0.390 e. The van der Waals surface area contributed by atoms with Crippen LogP contribution in [0.15, 0.2) is 59.1 Å². The molecule has 0 amide bonds. The fraction of sp³-hybridized carbons (Fsp3) is 0.316. The summed E-state index contributed by atoms with van der Waals surface area (Å²) in [6.45, 7) is 4.06. The van der Waals surface area contributed by atoms with Crippen LogP contribution in [0.25, 0.3) is 0 Å². The van der Waals surface area contributed by atoms with Crippen LogP contribution in [-0.4, -0.2) is 5.75 Å². The third-order valence-corrected chi connectivity index (χ3v) is 4.25. The van der Waals surface area contributed by atoms with Crippen molar-refractivity contribution in [2.75, 3.05) is 10.7 Å². The molecule has 120 valence electrons. The van der Waals surface area contributed by atoms with Gasteiger partial charge < -0.3 is 10.6 Å². The Balaban J connectivity index is 2.20. The highest BCUT2D eigenvalue weighted by Gasteiger charge is 2.16. The Morgan fingerprint density at radius 2 is 1.74 bits per heavy atom. The van der Waals surface area contributed by atoms with Gasteiger partial charge in [-0.2, -0.15) is 17.9 Å². The molecular formula is C19H23N3S. The van der Waals surface area contributed by atoms with Gasteiger partial charge in [-0.3, -0.25) is 0 Å². The molecule has 0 fully saturated rings. The number of anilines is 1. The number of hydrogen-bond donors (Lipinski definition) is 2. The fourth-order valence-electron chi connectivity index (χ4n) is 2.78. The van der Waals surface area contributed by atoms with Crippen molar-refractivity contribution < 1.29 is 0 Å². The van der Waals surface area contributed by atoms with E-state index in [2.05, 4.69) is 41.8 Å². The molecule has 0 bridgehead atoms. The lowest BCUT2D eigenvalue weighted by molar-refractivity contribution is 0.804. The van der Waals surface area contributed by atoms with Crippen LogP contribution in [0.2, 0.25) is 0 Å². The number of aryl methyl sites for hydroxylation is 1. The maximum Gasteiger partial charge on any atom is 0.118 e. The van der Waals surface area contributed by atoms with Crippen LogP contribution in [0.1, 0.15) is 32.3 Å². The molecule has 0 aliphatic carbocycles. The monoisotopic (exact) mass is 325 g/mol. The SMILES string of the molecule is CC1=CC(=C(N)C#N)C=C(C)N1c1ccc(CCCCS)cc1. The summed E-state index contributed by atoms with van der Waals surface area (Å²) < 4.78 is 0. The first-order valence-corrected chi connectivity index (χ1v) is 8.46. The molecule has 1 aromatic rings. The molecular weight excluding hydrogens is 302 g/mol. The number of nitrogens with two attached hydrogens (primary N) is 1. The molecule has 1 aliphatic heterocycles. The van der Waals surface area contributed by atoms with Crippen molar-refractivity contribution in [2.45, 2.75) is 33.1 Å². The summed E-state index contributed by atoms with van der Waals surface area (Å²) >= 11 is 4.25. The van der Waals surface area contributed by atoms with Crippen molar-refractivity contribution in [1.29, 1.82) is 5.26 Å². The molecule has 2 N–H and O–H groups in total. The second kappa shape index (κ2) is 7.94. The second-order valence-corrected chi connectivity index (χ2v) is 6.18. The smallest absolute Gasteiger partial charge is 0.118 e. The van der Waals surface area contributed by atoms with Gasteiger partial charge in [0.1, 0.15) is 11.8 Å². The Bertz CT molecular complexity index is 668. The van der Waals surface area contributed by atoms with E-state index < -0.39 is 0 Å². The average Bonchev–Trinajstić information content (AvgIpc) is 2.55. The predicted octanol–water partition coefficient (Wildman–Crippen LogP) is 4.30. The molecule has 1 aromatic carbocycles. The third-order valence-electron chi connectivity index (χ3n) is 3.93. The van der Waals surface area contributed by atoms with Gasteiger partial charge in [0, 0.05) is 22.7 Å². The normalized spacial score (nSPS) is 14.2. The molecule has 0 atom stereocenters. The van der Waals surface area contributed by atoms with Crippen molar-refractivity contribution in [2.24, 2.45) is 5.73 Å². The van der Waals surface area contributed by atoms with Gasteiger partial charge in [-0.1, -0.05) is 12.1 Å². The third kappa shape index (κ3) is 4.20. The zero-order valence-corrected chi connectivity index (χ0v) is 14.6. The Kier molecular flexibility index (Phi) is 5.95. The lowest BCUT2D eigenvalue weighted by atomic mass is 10.0. The molecule has 0 radical (unpaired) electrons. The summed E-state index contributed by atoms with van der Waals surface area (Å²) in [5, 5.41) is 8.95.